The maximum absolute atomic E-state index is 10.2. The molecule has 1 aliphatic heterocycles. The molecule has 2 aromatic heterocycles. The van der Waals surface area contributed by atoms with Crippen LogP contribution in [0.2, 0.25) is 0 Å². The first-order valence-electron chi connectivity index (χ1n) is 7.03. The van der Waals surface area contributed by atoms with E-state index in [1.165, 1.54) is 0 Å². The maximum atomic E-state index is 10.2. The van der Waals surface area contributed by atoms with Crippen molar-refractivity contribution < 1.29 is 9.52 Å². The molecule has 1 aliphatic rings. The minimum atomic E-state index is -0.519. The number of rotatable bonds is 4. The molecule has 1 saturated heterocycles. The topological polar surface area (TPSA) is 62.4 Å². The first-order chi connectivity index (χ1) is 9.83. The average molecular weight is 273 g/mol. The molecule has 3 heterocycles. The van der Waals surface area contributed by atoms with Crippen LogP contribution in [0.15, 0.2) is 41.3 Å². The fourth-order valence-electron chi connectivity index (χ4n) is 2.71. The van der Waals surface area contributed by atoms with E-state index in [4.69, 9.17) is 4.42 Å². The molecule has 0 amide bonds. The van der Waals surface area contributed by atoms with Gasteiger partial charge < -0.3 is 14.4 Å². The van der Waals surface area contributed by atoms with Gasteiger partial charge in [0.15, 0.2) is 5.89 Å². The molecular formula is C15H19N3O2. The van der Waals surface area contributed by atoms with Gasteiger partial charge in [0, 0.05) is 18.7 Å². The number of oxazole rings is 1. The number of aliphatic hydroxyl groups excluding tert-OH is 1. The van der Waals surface area contributed by atoms with Crippen molar-refractivity contribution in [3.63, 3.8) is 0 Å². The number of likely N-dealkylation sites (tertiary alicyclic amines) is 1. The molecule has 5 heteroatoms. The van der Waals surface area contributed by atoms with Gasteiger partial charge in [-0.1, -0.05) is 6.07 Å². The monoisotopic (exact) mass is 273 g/mol. The third kappa shape index (κ3) is 3.05. The molecule has 0 bridgehead atoms. The van der Waals surface area contributed by atoms with E-state index in [2.05, 4.69) is 14.9 Å². The minimum Gasteiger partial charge on any atom is -0.449 e. The van der Waals surface area contributed by atoms with E-state index in [1.54, 1.807) is 18.7 Å². The molecule has 1 fully saturated rings. The van der Waals surface area contributed by atoms with Crippen molar-refractivity contribution in [2.75, 3.05) is 19.6 Å². The summed E-state index contributed by atoms with van der Waals surface area (Å²) in [6, 6.07) is 5.63. The smallest absolute Gasteiger partial charge is 0.197 e. The molecule has 3 rings (SSSR count). The molecule has 1 unspecified atom stereocenters. The van der Waals surface area contributed by atoms with E-state index in [0.717, 1.165) is 37.5 Å². The van der Waals surface area contributed by atoms with Crippen molar-refractivity contribution in [2.24, 2.45) is 0 Å². The highest BCUT2D eigenvalue weighted by Gasteiger charge is 2.25. The number of aliphatic hydroxyl groups is 1. The lowest BCUT2D eigenvalue weighted by molar-refractivity contribution is 0.0921. The number of nitrogens with zero attached hydrogens (tertiary/aromatic N) is 3. The Kier molecular flexibility index (Phi) is 4.08. The van der Waals surface area contributed by atoms with Gasteiger partial charge in [-0.2, -0.15) is 0 Å². The SMILES string of the molecule is OC(CN1CCC(c2ncco2)CC1)c1ccccn1. The van der Waals surface area contributed by atoms with Crippen LogP contribution in [0.4, 0.5) is 0 Å². The summed E-state index contributed by atoms with van der Waals surface area (Å²) in [5.74, 6) is 1.25. The van der Waals surface area contributed by atoms with Crippen LogP contribution in [0.5, 0.6) is 0 Å². The second-order valence-electron chi connectivity index (χ2n) is 5.22. The van der Waals surface area contributed by atoms with Crippen LogP contribution in [-0.2, 0) is 0 Å². The molecule has 0 spiro atoms. The van der Waals surface area contributed by atoms with Gasteiger partial charge in [-0.15, -0.1) is 0 Å². The standard InChI is InChI=1S/C15H19N3O2/c19-14(13-3-1-2-6-16-13)11-18-8-4-12(5-9-18)15-17-7-10-20-15/h1-3,6-7,10,12,14,19H,4-5,8-9,11H2. The lowest BCUT2D eigenvalue weighted by Gasteiger charge is -2.31. The van der Waals surface area contributed by atoms with Crippen molar-refractivity contribution in [3.05, 3.63) is 48.4 Å². The number of hydrogen-bond donors (Lipinski definition) is 1. The molecular weight excluding hydrogens is 254 g/mol. The fraction of sp³-hybridized carbons (Fsp3) is 0.467. The molecule has 0 aliphatic carbocycles. The third-order valence-electron chi connectivity index (χ3n) is 3.85. The molecule has 0 radical (unpaired) electrons. The van der Waals surface area contributed by atoms with Crippen LogP contribution in [-0.4, -0.2) is 39.6 Å². The number of piperidine rings is 1. The van der Waals surface area contributed by atoms with Crippen LogP contribution in [0, 0.1) is 0 Å². The van der Waals surface area contributed by atoms with Gasteiger partial charge in [0.25, 0.3) is 0 Å². The lowest BCUT2D eigenvalue weighted by atomic mass is 9.96. The normalized spacial score (nSPS) is 19.1. The maximum Gasteiger partial charge on any atom is 0.197 e. The Balaban J connectivity index is 1.51. The first kappa shape index (κ1) is 13.3. The zero-order valence-corrected chi connectivity index (χ0v) is 11.4. The summed E-state index contributed by atoms with van der Waals surface area (Å²) in [7, 11) is 0. The highest BCUT2D eigenvalue weighted by Crippen LogP contribution is 2.27. The molecule has 106 valence electrons. The molecule has 0 saturated carbocycles. The van der Waals surface area contributed by atoms with E-state index >= 15 is 0 Å². The van der Waals surface area contributed by atoms with Gasteiger partial charge in [-0.25, -0.2) is 4.98 Å². The summed E-state index contributed by atoms with van der Waals surface area (Å²) in [6.07, 6.45) is 6.58. The number of aromatic nitrogens is 2. The molecule has 0 aromatic carbocycles. The fourth-order valence-corrected chi connectivity index (χ4v) is 2.71. The summed E-state index contributed by atoms with van der Waals surface area (Å²) in [5, 5.41) is 10.2. The molecule has 20 heavy (non-hydrogen) atoms. The highest BCUT2D eigenvalue weighted by molar-refractivity contribution is 5.07. The second-order valence-corrected chi connectivity index (χ2v) is 5.22. The van der Waals surface area contributed by atoms with E-state index in [0.29, 0.717) is 12.5 Å². The summed E-state index contributed by atoms with van der Waals surface area (Å²) in [6.45, 7) is 2.54. The predicted octanol–water partition coefficient (Wildman–Crippen LogP) is 1.98. The van der Waals surface area contributed by atoms with Crippen molar-refractivity contribution in [1.29, 1.82) is 0 Å². The summed E-state index contributed by atoms with van der Waals surface area (Å²) in [5.41, 5.74) is 0.738. The Bertz CT molecular complexity index is 507. The van der Waals surface area contributed by atoms with Gasteiger partial charge in [0.2, 0.25) is 0 Å². The van der Waals surface area contributed by atoms with E-state index in [-0.39, 0.29) is 0 Å². The predicted molar refractivity (Wildman–Crippen MR) is 74.1 cm³/mol. The van der Waals surface area contributed by atoms with Crippen LogP contribution in [0.3, 0.4) is 0 Å². The van der Waals surface area contributed by atoms with Crippen molar-refractivity contribution in [3.8, 4) is 0 Å². The van der Waals surface area contributed by atoms with Gasteiger partial charge in [-0.3, -0.25) is 4.98 Å². The Morgan fingerprint density at radius 2 is 2.10 bits per heavy atom. The van der Waals surface area contributed by atoms with E-state index < -0.39 is 6.10 Å². The lowest BCUT2D eigenvalue weighted by Crippen LogP contribution is -2.36. The van der Waals surface area contributed by atoms with Crippen LogP contribution < -0.4 is 0 Å². The molecule has 1 atom stereocenters. The zero-order chi connectivity index (χ0) is 13.8. The van der Waals surface area contributed by atoms with Crippen LogP contribution in [0.1, 0.15) is 36.4 Å². The highest BCUT2D eigenvalue weighted by atomic mass is 16.3. The molecule has 1 N–H and O–H groups in total. The first-order valence-corrected chi connectivity index (χ1v) is 7.03. The summed E-state index contributed by atoms with van der Waals surface area (Å²) in [4.78, 5) is 10.7. The number of pyridine rings is 1. The number of β-amino-alcohol motifs (C(OH)–C–C–N with tert-alkyl or cyclic N) is 1. The van der Waals surface area contributed by atoms with Gasteiger partial charge in [-0.05, 0) is 38.1 Å². The van der Waals surface area contributed by atoms with E-state index in [9.17, 15) is 5.11 Å². The van der Waals surface area contributed by atoms with Crippen molar-refractivity contribution >= 4 is 0 Å². The minimum absolute atomic E-state index is 0.410. The third-order valence-corrected chi connectivity index (χ3v) is 3.85. The van der Waals surface area contributed by atoms with Gasteiger partial charge in [0.05, 0.1) is 11.9 Å². The average Bonchev–Trinajstić information content (AvgIpc) is 3.03. The Morgan fingerprint density at radius 3 is 2.75 bits per heavy atom. The van der Waals surface area contributed by atoms with Crippen LogP contribution >= 0.6 is 0 Å². The second kappa shape index (κ2) is 6.15. The Labute approximate surface area is 118 Å². The van der Waals surface area contributed by atoms with Crippen molar-refractivity contribution in [2.45, 2.75) is 24.9 Å². The summed E-state index contributed by atoms with van der Waals surface area (Å²) < 4.78 is 5.37. The quantitative estimate of drug-likeness (QED) is 0.923. The molecule has 5 nitrogen and oxygen atoms in total. The van der Waals surface area contributed by atoms with Gasteiger partial charge >= 0.3 is 0 Å². The Morgan fingerprint density at radius 1 is 1.25 bits per heavy atom. The largest absolute Gasteiger partial charge is 0.449 e. The van der Waals surface area contributed by atoms with Crippen LogP contribution in [0.25, 0.3) is 0 Å². The zero-order valence-electron chi connectivity index (χ0n) is 11.4. The van der Waals surface area contributed by atoms with Crippen molar-refractivity contribution in [1.82, 2.24) is 14.9 Å². The van der Waals surface area contributed by atoms with Gasteiger partial charge in [0.1, 0.15) is 12.4 Å². The molecule has 2 aromatic rings. The van der Waals surface area contributed by atoms with E-state index in [1.807, 2.05) is 18.2 Å². The summed E-state index contributed by atoms with van der Waals surface area (Å²) >= 11 is 0. The number of hydrogen-bond acceptors (Lipinski definition) is 5. The Hall–Kier alpha value is -1.72.